The van der Waals surface area contributed by atoms with E-state index in [1.54, 1.807) is 26.5 Å². The Balaban J connectivity index is 0.00000218. The molecule has 1 saturated carbocycles. The fourth-order valence-electron chi connectivity index (χ4n) is 3.90. The molecule has 0 radical (unpaired) electrons. The van der Waals surface area contributed by atoms with Crippen molar-refractivity contribution < 1.29 is 14.3 Å². The molecule has 2 fully saturated rings. The largest absolute Gasteiger partial charge is 0.477 e. The summed E-state index contributed by atoms with van der Waals surface area (Å²) in [5.74, 6) is -1.93. The van der Waals surface area contributed by atoms with Gasteiger partial charge in [0.05, 0.1) is 17.6 Å². The minimum atomic E-state index is -1.34. The van der Waals surface area contributed by atoms with E-state index in [9.17, 15) is 19.1 Å². The number of fused-ring (bicyclic) bond motifs is 1. The van der Waals surface area contributed by atoms with Crippen LogP contribution in [0.25, 0.3) is 11.0 Å². The van der Waals surface area contributed by atoms with Crippen LogP contribution in [0.1, 0.15) is 35.3 Å². The first-order valence-corrected chi connectivity index (χ1v) is 9.29. The summed E-state index contributed by atoms with van der Waals surface area (Å²) in [5, 5.41) is 17.1. The van der Waals surface area contributed by atoms with E-state index in [0.717, 1.165) is 18.9 Å². The molecule has 3 aromatic rings. The van der Waals surface area contributed by atoms with Crippen LogP contribution in [0.15, 0.2) is 29.5 Å². The number of anilines is 1. The van der Waals surface area contributed by atoms with Gasteiger partial charge in [0.15, 0.2) is 11.6 Å². The zero-order valence-corrected chi connectivity index (χ0v) is 16.5. The Morgan fingerprint density at radius 3 is 2.70 bits per heavy atom. The summed E-state index contributed by atoms with van der Waals surface area (Å²) in [6, 6.07) is 0.661. The summed E-state index contributed by atoms with van der Waals surface area (Å²) in [7, 11) is 0. The summed E-state index contributed by atoms with van der Waals surface area (Å²) in [6.07, 6.45) is 6.28. The molecule has 12 heteroatoms. The van der Waals surface area contributed by atoms with Gasteiger partial charge in [0.2, 0.25) is 5.43 Å². The molecule has 1 aliphatic heterocycles. The monoisotopic (exact) mass is 435 g/mol. The number of carboxylic acid groups (broad SMARTS) is 1. The van der Waals surface area contributed by atoms with E-state index < -0.39 is 17.2 Å². The van der Waals surface area contributed by atoms with Crippen molar-refractivity contribution in [2.24, 2.45) is 5.73 Å². The molecule has 0 spiro atoms. The Morgan fingerprint density at radius 1 is 1.30 bits per heavy atom. The molecule has 5 rings (SSSR count). The van der Waals surface area contributed by atoms with Crippen LogP contribution in [0.5, 0.6) is 0 Å². The number of halogens is 2. The zero-order valence-electron chi connectivity index (χ0n) is 15.7. The van der Waals surface area contributed by atoms with Gasteiger partial charge in [-0.15, -0.1) is 17.5 Å². The highest BCUT2D eigenvalue weighted by Crippen LogP contribution is 2.37. The number of pyridine rings is 2. The second-order valence-electron chi connectivity index (χ2n) is 7.50. The minimum absolute atomic E-state index is 0. The molecule has 10 nitrogen and oxygen atoms in total. The third-order valence-corrected chi connectivity index (χ3v) is 5.52. The van der Waals surface area contributed by atoms with Crippen LogP contribution in [0.2, 0.25) is 0 Å². The van der Waals surface area contributed by atoms with Gasteiger partial charge < -0.3 is 20.3 Å². The molecule has 1 aliphatic carbocycles. The highest BCUT2D eigenvalue weighted by atomic mass is 35.5. The normalized spacial score (nSPS) is 21.1. The Bertz CT molecular complexity index is 1180. The van der Waals surface area contributed by atoms with Gasteiger partial charge in [-0.25, -0.2) is 18.9 Å². The Hall–Kier alpha value is -3.05. The zero-order chi connectivity index (χ0) is 20.3. The van der Waals surface area contributed by atoms with Crippen molar-refractivity contribution in [1.82, 2.24) is 24.5 Å². The van der Waals surface area contributed by atoms with Crippen molar-refractivity contribution in [2.45, 2.75) is 31.0 Å². The van der Waals surface area contributed by atoms with Gasteiger partial charge in [0, 0.05) is 37.6 Å². The lowest BCUT2D eigenvalue weighted by Crippen LogP contribution is -2.31. The van der Waals surface area contributed by atoms with Gasteiger partial charge in [-0.3, -0.25) is 4.79 Å². The number of rotatable bonds is 4. The first kappa shape index (κ1) is 20.2. The second kappa shape index (κ2) is 7.33. The molecule has 1 saturated heterocycles. The predicted molar refractivity (Wildman–Crippen MR) is 108 cm³/mol. The maximum absolute atomic E-state index is 15.0. The first-order valence-electron chi connectivity index (χ1n) is 9.29. The van der Waals surface area contributed by atoms with Crippen molar-refractivity contribution in [1.29, 1.82) is 0 Å². The number of nitrogens with two attached hydrogens (primary N) is 1. The van der Waals surface area contributed by atoms with E-state index in [1.807, 2.05) is 0 Å². The Kier molecular flexibility index (Phi) is 4.94. The van der Waals surface area contributed by atoms with Gasteiger partial charge in [0.1, 0.15) is 11.2 Å². The molecule has 2 atom stereocenters. The van der Waals surface area contributed by atoms with E-state index in [0.29, 0.717) is 13.1 Å². The third-order valence-electron chi connectivity index (χ3n) is 5.52. The van der Waals surface area contributed by atoms with E-state index in [2.05, 4.69) is 15.3 Å². The number of nitrogens with zero attached hydrogens (tertiary/aromatic N) is 6. The lowest BCUT2D eigenvalue weighted by molar-refractivity contribution is 0.0695. The van der Waals surface area contributed by atoms with Crippen molar-refractivity contribution in [3.05, 3.63) is 46.3 Å². The molecule has 30 heavy (non-hydrogen) atoms. The molecular weight excluding hydrogens is 417 g/mol. The van der Waals surface area contributed by atoms with Crippen LogP contribution in [0.3, 0.4) is 0 Å². The minimum Gasteiger partial charge on any atom is -0.477 e. The van der Waals surface area contributed by atoms with Gasteiger partial charge >= 0.3 is 5.97 Å². The van der Waals surface area contributed by atoms with E-state index in [1.165, 1.54) is 6.20 Å². The molecule has 0 unspecified atom stereocenters. The number of hydrogen-bond donors (Lipinski definition) is 2. The molecule has 0 bridgehead atoms. The highest BCUT2D eigenvalue weighted by molar-refractivity contribution is 5.92. The van der Waals surface area contributed by atoms with Crippen LogP contribution in [-0.4, -0.2) is 54.8 Å². The fraction of sp³-hybridized carbons (Fsp3) is 0.389. The van der Waals surface area contributed by atoms with Crippen molar-refractivity contribution in [2.75, 3.05) is 18.0 Å². The van der Waals surface area contributed by atoms with Crippen LogP contribution in [0.4, 0.5) is 10.2 Å². The molecule has 0 amide bonds. The van der Waals surface area contributed by atoms with Gasteiger partial charge in [-0.05, 0) is 18.9 Å². The van der Waals surface area contributed by atoms with Crippen LogP contribution in [-0.2, 0) is 0 Å². The molecule has 3 aromatic heterocycles. The smallest absolute Gasteiger partial charge is 0.341 e. The van der Waals surface area contributed by atoms with Crippen molar-refractivity contribution in [3.63, 3.8) is 0 Å². The summed E-state index contributed by atoms with van der Waals surface area (Å²) in [4.78, 5) is 30.2. The lowest BCUT2D eigenvalue weighted by atomic mass is 10.2. The van der Waals surface area contributed by atoms with E-state index in [4.69, 9.17) is 5.73 Å². The van der Waals surface area contributed by atoms with Gasteiger partial charge in [-0.1, -0.05) is 5.21 Å². The number of aromatic nitrogens is 5. The summed E-state index contributed by atoms with van der Waals surface area (Å²) in [6.45, 7) is 0.752. The van der Waals surface area contributed by atoms with E-state index in [-0.39, 0.29) is 52.9 Å². The molecule has 2 aliphatic rings. The molecule has 4 heterocycles. The summed E-state index contributed by atoms with van der Waals surface area (Å²) in [5.41, 5.74) is 5.40. The predicted octanol–water partition coefficient (Wildman–Crippen LogP) is 0.971. The number of aromatic carboxylic acids is 1. The van der Waals surface area contributed by atoms with Crippen molar-refractivity contribution >= 4 is 35.2 Å². The quantitative estimate of drug-likeness (QED) is 0.619. The first-order chi connectivity index (χ1) is 13.9. The number of carbonyl (C=O) groups is 1. The molecular formula is C18H19ClFN7O3. The highest BCUT2D eigenvalue weighted by Gasteiger charge is 2.35. The van der Waals surface area contributed by atoms with E-state index >= 15 is 0 Å². The van der Waals surface area contributed by atoms with Gasteiger partial charge in [-0.2, -0.15) is 0 Å². The maximum atomic E-state index is 15.0. The van der Waals surface area contributed by atoms with Crippen LogP contribution >= 0.6 is 12.4 Å². The third kappa shape index (κ3) is 3.19. The van der Waals surface area contributed by atoms with Gasteiger partial charge in [0.25, 0.3) is 0 Å². The standard InChI is InChI=1S/C18H18FN7O3.ClH/c19-12-5-10-15(27)11(18(28)29)6-25(9-1-2-9)16(10)22-17(12)24-7-13(20)14(8-24)26-4-3-21-23-26;/h3-6,9,13-14H,1-2,7-8,20H2,(H,28,29);1H/t13-,14+;/m1./s1. The summed E-state index contributed by atoms with van der Waals surface area (Å²) >= 11 is 0. The second-order valence-corrected chi connectivity index (χ2v) is 7.50. The lowest BCUT2D eigenvalue weighted by Gasteiger charge is -2.19. The average molecular weight is 436 g/mol. The Labute approximate surface area is 175 Å². The topological polar surface area (TPSA) is 132 Å². The fourth-order valence-corrected chi connectivity index (χ4v) is 3.90. The van der Waals surface area contributed by atoms with Crippen molar-refractivity contribution in [3.8, 4) is 0 Å². The van der Waals surface area contributed by atoms with Crippen LogP contribution < -0.4 is 16.1 Å². The summed E-state index contributed by atoms with van der Waals surface area (Å²) < 4.78 is 18.3. The Morgan fingerprint density at radius 2 is 2.07 bits per heavy atom. The molecule has 3 N–H and O–H groups in total. The number of carboxylic acids is 1. The van der Waals surface area contributed by atoms with Crippen LogP contribution in [0, 0.1) is 5.82 Å². The SMILES string of the molecule is Cl.N[C@@H]1CN(c2nc3c(cc2F)c(=O)c(C(=O)O)cn3C2CC2)C[C@@H]1n1ccnn1. The molecule has 158 valence electrons. The number of hydrogen-bond acceptors (Lipinski definition) is 7. The maximum Gasteiger partial charge on any atom is 0.341 e. The molecule has 0 aromatic carbocycles. The average Bonchev–Trinajstić information content (AvgIpc) is 3.23.